The number of carbonyl (C=O) groups is 1. The summed E-state index contributed by atoms with van der Waals surface area (Å²) in [6.45, 7) is 1.99. The standard InChI is InChI=1S/C18H18N2OS/c1-12-6-8-13(9-7-12)17(21)20-18(22)19-16-10-14-4-2-3-5-15(14)11-16/h2-9,16H,10-11H2,1H3,(H2,19,20,21,22). The summed E-state index contributed by atoms with van der Waals surface area (Å²) in [4.78, 5) is 12.1. The minimum absolute atomic E-state index is 0.173. The minimum atomic E-state index is -0.173. The first-order chi connectivity index (χ1) is 10.6. The zero-order chi connectivity index (χ0) is 15.5. The number of rotatable bonds is 2. The predicted octanol–water partition coefficient (Wildman–Crippen LogP) is 2.77. The van der Waals surface area contributed by atoms with Crippen LogP contribution in [-0.2, 0) is 12.8 Å². The number of hydrogen-bond donors (Lipinski definition) is 2. The second-order valence-corrected chi connectivity index (χ2v) is 6.08. The highest BCUT2D eigenvalue weighted by Crippen LogP contribution is 2.21. The smallest absolute Gasteiger partial charge is 0.257 e. The Morgan fingerprint density at radius 2 is 1.64 bits per heavy atom. The van der Waals surface area contributed by atoms with Crippen LogP contribution in [0.15, 0.2) is 48.5 Å². The van der Waals surface area contributed by atoms with Gasteiger partial charge < -0.3 is 5.32 Å². The summed E-state index contributed by atoms with van der Waals surface area (Å²) in [5.41, 5.74) is 4.45. The van der Waals surface area contributed by atoms with E-state index in [1.165, 1.54) is 11.1 Å². The first-order valence-electron chi connectivity index (χ1n) is 7.37. The van der Waals surface area contributed by atoms with Crippen molar-refractivity contribution in [2.24, 2.45) is 0 Å². The highest BCUT2D eigenvalue weighted by Gasteiger charge is 2.21. The van der Waals surface area contributed by atoms with Crippen molar-refractivity contribution in [3.8, 4) is 0 Å². The van der Waals surface area contributed by atoms with Crippen molar-refractivity contribution in [2.75, 3.05) is 0 Å². The number of amides is 1. The van der Waals surface area contributed by atoms with Gasteiger partial charge in [0.05, 0.1) is 0 Å². The fourth-order valence-electron chi connectivity index (χ4n) is 2.76. The Morgan fingerprint density at radius 1 is 1.05 bits per heavy atom. The van der Waals surface area contributed by atoms with Gasteiger partial charge in [0, 0.05) is 11.6 Å². The van der Waals surface area contributed by atoms with Gasteiger partial charge in [-0.3, -0.25) is 10.1 Å². The van der Waals surface area contributed by atoms with Crippen LogP contribution < -0.4 is 10.6 Å². The topological polar surface area (TPSA) is 41.1 Å². The summed E-state index contributed by atoms with van der Waals surface area (Å²) in [6.07, 6.45) is 1.88. The predicted molar refractivity (Wildman–Crippen MR) is 92.0 cm³/mol. The maximum atomic E-state index is 12.1. The fraction of sp³-hybridized carbons (Fsp3) is 0.222. The van der Waals surface area contributed by atoms with Crippen molar-refractivity contribution in [3.05, 3.63) is 70.8 Å². The second-order valence-electron chi connectivity index (χ2n) is 5.67. The molecule has 1 aliphatic rings. The Kier molecular flexibility index (Phi) is 4.20. The highest BCUT2D eigenvalue weighted by molar-refractivity contribution is 7.80. The molecule has 3 nitrogen and oxygen atoms in total. The zero-order valence-corrected chi connectivity index (χ0v) is 13.2. The Labute approximate surface area is 135 Å². The first-order valence-corrected chi connectivity index (χ1v) is 7.78. The van der Waals surface area contributed by atoms with Crippen molar-refractivity contribution in [2.45, 2.75) is 25.8 Å². The average molecular weight is 310 g/mol. The summed E-state index contributed by atoms with van der Waals surface area (Å²) >= 11 is 5.26. The number of benzene rings is 2. The largest absolute Gasteiger partial charge is 0.359 e. The molecule has 0 aliphatic heterocycles. The third-order valence-electron chi connectivity index (χ3n) is 3.93. The van der Waals surface area contributed by atoms with Gasteiger partial charge in [-0.15, -0.1) is 0 Å². The van der Waals surface area contributed by atoms with Gasteiger partial charge in [0.1, 0.15) is 0 Å². The SMILES string of the molecule is Cc1ccc(C(=O)NC(=S)NC2Cc3ccccc3C2)cc1. The van der Waals surface area contributed by atoms with Crippen molar-refractivity contribution in [3.63, 3.8) is 0 Å². The van der Waals surface area contributed by atoms with E-state index in [4.69, 9.17) is 12.2 Å². The Morgan fingerprint density at radius 3 is 2.23 bits per heavy atom. The molecule has 1 amide bonds. The molecule has 4 heteroatoms. The van der Waals surface area contributed by atoms with Crippen LogP contribution in [0.1, 0.15) is 27.0 Å². The van der Waals surface area contributed by atoms with Crippen LogP contribution in [0.3, 0.4) is 0 Å². The zero-order valence-electron chi connectivity index (χ0n) is 12.4. The molecule has 112 valence electrons. The molecule has 22 heavy (non-hydrogen) atoms. The van der Waals surface area contributed by atoms with E-state index >= 15 is 0 Å². The van der Waals surface area contributed by atoms with Crippen LogP contribution in [0, 0.1) is 6.92 Å². The van der Waals surface area contributed by atoms with Gasteiger partial charge in [-0.1, -0.05) is 42.0 Å². The third-order valence-corrected chi connectivity index (χ3v) is 4.15. The first kappa shape index (κ1) is 14.7. The Hall–Kier alpha value is -2.20. The van der Waals surface area contributed by atoms with Gasteiger partial charge in [-0.25, -0.2) is 0 Å². The van der Waals surface area contributed by atoms with Crippen molar-refractivity contribution in [1.29, 1.82) is 0 Å². The third kappa shape index (κ3) is 3.34. The summed E-state index contributed by atoms with van der Waals surface area (Å²) in [6, 6.07) is 16.1. The summed E-state index contributed by atoms with van der Waals surface area (Å²) < 4.78 is 0. The fourth-order valence-corrected chi connectivity index (χ4v) is 3.02. The van der Waals surface area contributed by atoms with E-state index in [0.717, 1.165) is 18.4 Å². The van der Waals surface area contributed by atoms with Gasteiger partial charge in [-0.05, 0) is 55.2 Å². The average Bonchev–Trinajstić information content (AvgIpc) is 2.89. The molecular weight excluding hydrogens is 292 g/mol. The van der Waals surface area contributed by atoms with Crippen molar-refractivity contribution in [1.82, 2.24) is 10.6 Å². The van der Waals surface area contributed by atoms with Gasteiger partial charge in [0.15, 0.2) is 5.11 Å². The maximum Gasteiger partial charge on any atom is 0.257 e. The molecule has 0 bridgehead atoms. The van der Waals surface area contributed by atoms with E-state index in [1.54, 1.807) is 12.1 Å². The van der Waals surface area contributed by atoms with E-state index in [2.05, 4.69) is 34.9 Å². The van der Waals surface area contributed by atoms with E-state index in [-0.39, 0.29) is 11.9 Å². The lowest BCUT2D eigenvalue weighted by Gasteiger charge is -2.15. The van der Waals surface area contributed by atoms with Crippen LogP contribution >= 0.6 is 12.2 Å². The van der Waals surface area contributed by atoms with Crippen LogP contribution in [0.5, 0.6) is 0 Å². The molecule has 1 aliphatic carbocycles. The number of aryl methyl sites for hydroxylation is 1. The van der Waals surface area contributed by atoms with Crippen LogP contribution in [0.2, 0.25) is 0 Å². The molecule has 3 rings (SSSR count). The van der Waals surface area contributed by atoms with E-state index in [0.29, 0.717) is 10.7 Å². The number of thiocarbonyl (C=S) groups is 1. The molecule has 2 aromatic rings. The summed E-state index contributed by atoms with van der Waals surface area (Å²) in [7, 11) is 0. The summed E-state index contributed by atoms with van der Waals surface area (Å²) in [5.74, 6) is -0.173. The number of carbonyl (C=O) groups excluding carboxylic acids is 1. The van der Waals surface area contributed by atoms with Gasteiger partial charge in [0.2, 0.25) is 0 Å². The number of hydrogen-bond acceptors (Lipinski definition) is 2. The van der Waals surface area contributed by atoms with E-state index < -0.39 is 0 Å². The van der Waals surface area contributed by atoms with Crippen molar-refractivity contribution >= 4 is 23.2 Å². The van der Waals surface area contributed by atoms with Gasteiger partial charge in [-0.2, -0.15) is 0 Å². The van der Waals surface area contributed by atoms with Gasteiger partial charge in [0.25, 0.3) is 5.91 Å². The molecule has 2 aromatic carbocycles. The lowest BCUT2D eigenvalue weighted by atomic mass is 10.1. The molecule has 0 saturated carbocycles. The second kappa shape index (κ2) is 6.28. The number of fused-ring (bicyclic) bond motifs is 1. The maximum absolute atomic E-state index is 12.1. The molecule has 0 atom stereocenters. The van der Waals surface area contributed by atoms with Crippen LogP contribution in [0.25, 0.3) is 0 Å². The molecule has 0 aromatic heterocycles. The lowest BCUT2D eigenvalue weighted by Crippen LogP contribution is -2.44. The molecule has 2 N–H and O–H groups in total. The molecule has 0 fully saturated rings. The van der Waals surface area contributed by atoms with Crippen molar-refractivity contribution < 1.29 is 4.79 Å². The number of nitrogens with one attached hydrogen (secondary N) is 2. The molecule has 0 saturated heterocycles. The molecule has 0 radical (unpaired) electrons. The molecule has 0 spiro atoms. The van der Waals surface area contributed by atoms with Crippen LogP contribution in [-0.4, -0.2) is 17.1 Å². The Bertz CT molecular complexity index is 684. The molecule has 0 unspecified atom stereocenters. The highest BCUT2D eigenvalue weighted by atomic mass is 32.1. The molecular formula is C18H18N2OS. The van der Waals surface area contributed by atoms with E-state index in [1.807, 2.05) is 19.1 Å². The van der Waals surface area contributed by atoms with Gasteiger partial charge >= 0.3 is 0 Å². The van der Waals surface area contributed by atoms with E-state index in [9.17, 15) is 4.79 Å². The lowest BCUT2D eigenvalue weighted by molar-refractivity contribution is 0.0976. The Balaban J connectivity index is 1.55. The summed E-state index contributed by atoms with van der Waals surface area (Å²) in [5, 5.41) is 6.38. The normalized spacial score (nSPS) is 13.5. The minimum Gasteiger partial charge on any atom is -0.359 e. The monoisotopic (exact) mass is 310 g/mol. The quantitative estimate of drug-likeness (QED) is 0.838. The van der Waals surface area contributed by atoms with Crippen LogP contribution in [0.4, 0.5) is 0 Å². The molecule has 0 heterocycles.